The molecular formula is C31H62O6PS+. The standard InChI is InChI=1S/C31H62O6PS/c1-7-10-12-14-15-16-17-18-19-21-23-26-39-29(24-22-20-13-11-8-2)28(6)37-38(34)31(33,35-25-9-3)30(32)36-27(4)5/h27-29,33H,7-26H2,1-6H3/q+1. The smallest absolute Gasteiger partial charge is 0.455 e. The summed E-state index contributed by atoms with van der Waals surface area (Å²) in [4.78, 5) is 12.6. The van der Waals surface area contributed by atoms with E-state index in [1.54, 1.807) is 13.8 Å². The number of aliphatic hydroxyl groups is 1. The third-order valence-electron chi connectivity index (χ3n) is 6.82. The van der Waals surface area contributed by atoms with Gasteiger partial charge in [0.15, 0.2) is 0 Å². The van der Waals surface area contributed by atoms with Gasteiger partial charge < -0.3 is 9.84 Å². The summed E-state index contributed by atoms with van der Waals surface area (Å²) in [5.41, 5.74) is -2.59. The summed E-state index contributed by atoms with van der Waals surface area (Å²) in [6.07, 6.45) is 21.2. The van der Waals surface area contributed by atoms with Gasteiger partial charge in [0.1, 0.15) is 6.10 Å². The number of carbonyl (C=O) groups excluding carboxylic acids is 1. The molecule has 6 nitrogen and oxygen atoms in total. The Morgan fingerprint density at radius 1 is 0.769 bits per heavy atom. The minimum absolute atomic E-state index is 0.0803. The first-order chi connectivity index (χ1) is 18.7. The van der Waals surface area contributed by atoms with Crippen molar-refractivity contribution in [1.29, 1.82) is 0 Å². The lowest BCUT2D eigenvalue weighted by Gasteiger charge is -2.22. The molecule has 0 heterocycles. The Morgan fingerprint density at radius 2 is 1.26 bits per heavy atom. The quantitative estimate of drug-likeness (QED) is 0.0418. The van der Waals surface area contributed by atoms with Gasteiger partial charge in [-0.15, -0.1) is 4.52 Å². The number of hydrogen-bond donors (Lipinski definition) is 1. The van der Waals surface area contributed by atoms with Gasteiger partial charge in [0.05, 0.1) is 12.7 Å². The zero-order valence-corrected chi connectivity index (χ0v) is 27.9. The van der Waals surface area contributed by atoms with Crippen molar-refractivity contribution in [3.05, 3.63) is 0 Å². The predicted octanol–water partition coefficient (Wildman–Crippen LogP) is 9.93. The normalized spacial score (nSPS) is 15.2. The second-order valence-corrected chi connectivity index (χ2v) is 13.8. The highest BCUT2D eigenvalue weighted by atomic mass is 32.2. The van der Waals surface area contributed by atoms with Crippen LogP contribution in [-0.4, -0.2) is 46.4 Å². The van der Waals surface area contributed by atoms with Crippen LogP contribution in [0.4, 0.5) is 0 Å². The molecule has 4 atom stereocenters. The number of hydrogen-bond acceptors (Lipinski definition) is 7. The topological polar surface area (TPSA) is 82.1 Å². The van der Waals surface area contributed by atoms with Gasteiger partial charge in [-0.3, -0.25) is 4.74 Å². The second-order valence-electron chi connectivity index (χ2n) is 11.1. The summed E-state index contributed by atoms with van der Waals surface area (Å²) in [5, 5.41) is 11.1. The lowest BCUT2D eigenvalue weighted by atomic mass is 10.1. The van der Waals surface area contributed by atoms with Crippen LogP contribution in [0.1, 0.15) is 157 Å². The van der Waals surface area contributed by atoms with Gasteiger partial charge in [0.25, 0.3) is 0 Å². The van der Waals surface area contributed by atoms with E-state index in [9.17, 15) is 14.5 Å². The van der Waals surface area contributed by atoms with E-state index in [1.165, 1.54) is 89.9 Å². The molecule has 232 valence electrons. The van der Waals surface area contributed by atoms with Crippen molar-refractivity contribution in [2.75, 3.05) is 12.4 Å². The van der Waals surface area contributed by atoms with Crippen molar-refractivity contribution in [3.63, 3.8) is 0 Å². The van der Waals surface area contributed by atoms with Crippen LogP contribution in [0.15, 0.2) is 0 Å². The van der Waals surface area contributed by atoms with Crippen LogP contribution < -0.4 is 0 Å². The molecule has 0 amide bonds. The number of unbranched alkanes of at least 4 members (excludes halogenated alkanes) is 14. The average Bonchev–Trinajstić information content (AvgIpc) is 2.90. The van der Waals surface area contributed by atoms with E-state index in [4.69, 9.17) is 14.0 Å². The van der Waals surface area contributed by atoms with Crippen molar-refractivity contribution in [3.8, 4) is 0 Å². The van der Waals surface area contributed by atoms with Crippen LogP contribution >= 0.6 is 19.8 Å². The fourth-order valence-electron chi connectivity index (χ4n) is 4.42. The molecule has 0 bridgehead atoms. The first-order valence-electron chi connectivity index (χ1n) is 16.1. The Labute approximate surface area is 246 Å². The van der Waals surface area contributed by atoms with Crippen LogP contribution in [-0.2, 0) is 23.4 Å². The summed E-state index contributed by atoms with van der Waals surface area (Å²) in [5.74, 6) is -0.0170. The van der Waals surface area contributed by atoms with E-state index in [2.05, 4.69) is 13.8 Å². The Hall–Kier alpha value is -0.200. The van der Waals surface area contributed by atoms with E-state index < -0.39 is 25.6 Å². The monoisotopic (exact) mass is 593 g/mol. The SMILES string of the molecule is CCCCCCCCCCCCCSC(CCCCCCC)C(C)O[P+](=O)C(O)(OCCC)C(=O)OC(C)C. The molecule has 39 heavy (non-hydrogen) atoms. The minimum atomic E-state index is -2.84. The molecule has 0 rings (SSSR count). The fraction of sp³-hybridized carbons (Fsp3) is 0.968. The summed E-state index contributed by atoms with van der Waals surface area (Å²) in [6.45, 7) is 11.7. The summed E-state index contributed by atoms with van der Waals surface area (Å²) in [7, 11) is -2.84. The molecule has 0 aromatic heterocycles. The molecule has 0 aromatic carbocycles. The highest BCUT2D eigenvalue weighted by Gasteiger charge is 2.62. The third-order valence-corrected chi connectivity index (χ3v) is 9.72. The van der Waals surface area contributed by atoms with E-state index in [-0.39, 0.29) is 18.0 Å². The van der Waals surface area contributed by atoms with Gasteiger partial charge in [-0.05, 0) is 50.4 Å². The fourth-order valence-corrected chi connectivity index (χ4v) is 6.82. The van der Waals surface area contributed by atoms with Crippen molar-refractivity contribution >= 4 is 25.8 Å². The molecule has 0 spiro atoms. The molecule has 0 radical (unpaired) electrons. The number of ether oxygens (including phenoxy) is 2. The van der Waals surface area contributed by atoms with Gasteiger partial charge in [-0.25, -0.2) is 4.79 Å². The first-order valence-corrected chi connectivity index (χ1v) is 18.3. The molecular weight excluding hydrogens is 531 g/mol. The zero-order valence-electron chi connectivity index (χ0n) is 26.2. The zero-order chi connectivity index (χ0) is 29.4. The van der Waals surface area contributed by atoms with E-state index in [1.807, 2.05) is 25.6 Å². The average molecular weight is 594 g/mol. The van der Waals surface area contributed by atoms with Gasteiger partial charge in [-0.1, -0.05) is 117 Å². The number of rotatable bonds is 28. The van der Waals surface area contributed by atoms with Crippen LogP contribution in [0.3, 0.4) is 0 Å². The van der Waals surface area contributed by atoms with Gasteiger partial charge in [-0.2, -0.15) is 11.8 Å². The van der Waals surface area contributed by atoms with Crippen molar-refractivity contribution < 1.29 is 28.5 Å². The van der Waals surface area contributed by atoms with Crippen LogP contribution in [0.2, 0.25) is 0 Å². The van der Waals surface area contributed by atoms with E-state index >= 15 is 0 Å². The van der Waals surface area contributed by atoms with Crippen LogP contribution in [0.5, 0.6) is 0 Å². The summed E-state index contributed by atoms with van der Waals surface area (Å²) in [6, 6.07) is 0. The number of carbonyl (C=O) groups is 1. The maximum Gasteiger partial charge on any atom is 0.589 e. The molecule has 8 heteroatoms. The highest BCUT2D eigenvalue weighted by Crippen LogP contribution is 2.43. The maximum atomic E-state index is 13.1. The molecule has 1 N–H and O–H groups in total. The Balaban J connectivity index is 4.77. The van der Waals surface area contributed by atoms with Crippen molar-refractivity contribution in [2.24, 2.45) is 0 Å². The van der Waals surface area contributed by atoms with Crippen LogP contribution in [0.25, 0.3) is 0 Å². The Kier molecular flexibility index (Phi) is 25.4. The highest BCUT2D eigenvalue weighted by molar-refractivity contribution is 7.99. The van der Waals surface area contributed by atoms with Crippen molar-refractivity contribution in [2.45, 2.75) is 180 Å². The Morgan fingerprint density at radius 3 is 1.74 bits per heavy atom. The van der Waals surface area contributed by atoms with Crippen molar-refractivity contribution in [1.82, 2.24) is 0 Å². The molecule has 0 fully saturated rings. The Bertz CT molecular complexity index is 606. The van der Waals surface area contributed by atoms with Crippen LogP contribution in [0, 0.1) is 0 Å². The van der Waals surface area contributed by atoms with E-state index in [0.29, 0.717) is 6.42 Å². The lowest BCUT2D eigenvalue weighted by Crippen LogP contribution is -2.42. The lowest BCUT2D eigenvalue weighted by molar-refractivity contribution is -0.202. The second kappa shape index (κ2) is 25.5. The summed E-state index contributed by atoms with van der Waals surface area (Å²) >= 11 is 1.87. The molecule has 0 saturated heterocycles. The molecule has 4 unspecified atom stereocenters. The molecule has 0 aliphatic carbocycles. The first kappa shape index (κ1) is 38.8. The summed E-state index contributed by atoms with van der Waals surface area (Å²) < 4.78 is 29.5. The molecule has 0 aliphatic heterocycles. The van der Waals surface area contributed by atoms with E-state index in [0.717, 1.165) is 25.0 Å². The number of esters is 1. The number of thioether (sulfide) groups is 1. The van der Waals surface area contributed by atoms with Gasteiger partial charge in [0.2, 0.25) is 0 Å². The molecule has 0 aliphatic rings. The third kappa shape index (κ3) is 19.5. The molecule has 0 aromatic rings. The maximum absolute atomic E-state index is 13.1. The molecule has 0 saturated carbocycles. The predicted molar refractivity (Wildman–Crippen MR) is 167 cm³/mol. The van der Waals surface area contributed by atoms with Gasteiger partial charge >= 0.3 is 19.5 Å². The minimum Gasteiger partial charge on any atom is -0.455 e. The van der Waals surface area contributed by atoms with Gasteiger partial charge in [0, 0.05) is 5.25 Å². The largest absolute Gasteiger partial charge is 0.589 e.